The Morgan fingerprint density at radius 1 is 1.32 bits per heavy atom. The van der Waals surface area contributed by atoms with E-state index in [0.29, 0.717) is 6.42 Å². The van der Waals surface area contributed by atoms with Gasteiger partial charge in [0.2, 0.25) is 0 Å². The zero-order valence-corrected chi connectivity index (χ0v) is 12.8. The maximum Gasteiger partial charge on any atom is 0.265 e. The van der Waals surface area contributed by atoms with Crippen LogP contribution in [0.5, 0.6) is 5.75 Å². The number of aromatic nitrogens is 1. The molecule has 0 fully saturated rings. The molecule has 0 radical (unpaired) electrons. The van der Waals surface area contributed by atoms with Gasteiger partial charge in [0.15, 0.2) is 6.10 Å². The molecule has 110 valence electrons. The third-order valence-electron chi connectivity index (χ3n) is 3.70. The van der Waals surface area contributed by atoms with Crippen LogP contribution in [0.2, 0.25) is 0 Å². The van der Waals surface area contributed by atoms with Crippen molar-refractivity contribution >= 4 is 33.1 Å². The van der Waals surface area contributed by atoms with Crippen LogP contribution in [0.15, 0.2) is 42.5 Å². The molecule has 4 nitrogen and oxygen atoms in total. The maximum atomic E-state index is 12.4. The fourth-order valence-corrected chi connectivity index (χ4v) is 3.54. The molecular formula is C17H14N2O2S. The molecule has 4 rings (SSSR count). The van der Waals surface area contributed by atoms with Crippen molar-refractivity contribution in [1.82, 2.24) is 4.98 Å². The molecule has 0 saturated heterocycles. The molecule has 0 aliphatic carbocycles. The quantitative estimate of drug-likeness (QED) is 0.787. The smallest absolute Gasteiger partial charge is 0.265 e. The highest BCUT2D eigenvalue weighted by atomic mass is 32.1. The van der Waals surface area contributed by atoms with Crippen LogP contribution >= 0.6 is 11.3 Å². The lowest BCUT2D eigenvalue weighted by Crippen LogP contribution is -2.31. The van der Waals surface area contributed by atoms with E-state index in [1.165, 1.54) is 0 Å². The van der Waals surface area contributed by atoms with E-state index in [2.05, 4.69) is 10.3 Å². The third kappa shape index (κ3) is 2.33. The van der Waals surface area contributed by atoms with Crippen LogP contribution in [0.1, 0.15) is 10.6 Å². The molecule has 1 aliphatic rings. The number of anilines is 1. The lowest BCUT2D eigenvalue weighted by molar-refractivity contribution is -0.122. The van der Waals surface area contributed by atoms with E-state index in [1.807, 2.05) is 49.4 Å². The first-order chi connectivity index (χ1) is 10.7. The van der Waals surface area contributed by atoms with Crippen LogP contribution < -0.4 is 10.1 Å². The second-order valence-electron chi connectivity index (χ2n) is 5.32. The van der Waals surface area contributed by atoms with Crippen LogP contribution in [-0.2, 0) is 11.2 Å². The molecule has 1 N–H and O–H groups in total. The Labute approximate surface area is 131 Å². The summed E-state index contributed by atoms with van der Waals surface area (Å²) in [4.78, 5) is 16.8. The van der Waals surface area contributed by atoms with Crippen LogP contribution in [0.3, 0.4) is 0 Å². The number of rotatable bonds is 2. The molecule has 2 aromatic carbocycles. The van der Waals surface area contributed by atoms with E-state index in [4.69, 9.17) is 4.74 Å². The third-order valence-corrected chi connectivity index (χ3v) is 4.64. The zero-order valence-electron chi connectivity index (χ0n) is 12.0. The minimum absolute atomic E-state index is 0.114. The Hall–Kier alpha value is -2.40. The highest BCUT2D eigenvalue weighted by molar-refractivity contribution is 7.18. The standard InChI is InChI=1S/C17H14N2O2S/c1-10-18-13-7-6-12(9-16(13)22-10)19-17(20)15-8-11-4-2-3-5-14(11)21-15/h2-7,9,15H,8H2,1H3,(H,19,20). The minimum Gasteiger partial charge on any atom is -0.480 e. The topological polar surface area (TPSA) is 51.2 Å². The van der Waals surface area contributed by atoms with Gasteiger partial charge < -0.3 is 10.1 Å². The molecule has 5 heteroatoms. The van der Waals surface area contributed by atoms with Crippen molar-refractivity contribution in [2.45, 2.75) is 19.4 Å². The number of thiazole rings is 1. The number of ether oxygens (including phenoxy) is 1. The molecule has 1 amide bonds. The molecule has 1 atom stereocenters. The average molecular weight is 310 g/mol. The van der Waals surface area contributed by atoms with Gasteiger partial charge in [-0.3, -0.25) is 4.79 Å². The fourth-order valence-electron chi connectivity index (χ4n) is 2.67. The van der Waals surface area contributed by atoms with Crippen molar-refractivity contribution in [1.29, 1.82) is 0 Å². The molecule has 1 aromatic heterocycles. The zero-order chi connectivity index (χ0) is 15.1. The van der Waals surface area contributed by atoms with Gasteiger partial charge in [0.05, 0.1) is 15.2 Å². The Morgan fingerprint density at radius 2 is 2.18 bits per heavy atom. The van der Waals surface area contributed by atoms with Crippen molar-refractivity contribution in [3.8, 4) is 5.75 Å². The second-order valence-corrected chi connectivity index (χ2v) is 6.56. The van der Waals surface area contributed by atoms with Gasteiger partial charge in [-0.1, -0.05) is 18.2 Å². The van der Waals surface area contributed by atoms with E-state index < -0.39 is 6.10 Å². The molecule has 3 aromatic rings. The van der Waals surface area contributed by atoms with Crippen molar-refractivity contribution in [2.75, 3.05) is 5.32 Å². The summed E-state index contributed by atoms with van der Waals surface area (Å²) in [6.45, 7) is 1.98. The highest BCUT2D eigenvalue weighted by Gasteiger charge is 2.28. The number of carbonyl (C=O) groups excluding carboxylic acids is 1. The van der Waals surface area contributed by atoms with E-state index in [9.17, 15) is 4.79 Å². The highest BCUT2D eigenvalue weighted by Crippen LogP contribution is 2.29. The Morgan fingerprint density at radius 3 is 3.05 bits per heavy atom. The Kier molecular flexibility index (Phi) is 3.08. The minimum atomic E-state index is -0.462. The lowest BCUT2D eigenvalue weighted by Gasteiger charge is -2.11. The maximum absolute atomic E-state index is 12.4. The number of fused-ring (bicyclic) bond motifs is 2. The van der Waals surface area contributed by atoms with E-state index in [0.717, 1.165) is 32.2 Å². The van der Waals surface area contributed by atoms with Crippen LogP contribution in [-0.4, -0.2) is 17.0 Å². The normalized spacial score (nSPS) is 16.3. The Bertz CT molecular complexity index is 847. The number of para-hydroxylation sites is 1. The summed E-state index contributed by atoms with van der Waals surface area (Å²) in [7, 11) is 0. The fraction of sp³-hybridized carbons (Fsp3) is 0.176. The van der Waals surface area contributed by atoms with Crippen LogP contribution in [0, 0.1) is 6.92 Å². The molecule has 0 saturated carbocycles. The van der Waals surface area contributed by atoms with Gasteiger partial charge in [-0.25, -0.2) is 4.98 Å². The summed E-state index contributed by atoms with van der Waals surface area (Å²) in [5.74, 6) is 0.688. The number of aryl methyl sites for hydroxylation is 1. The van der Waals surface area contributed by atoms with E-state index in [-0.39, 0.29) is 5.91 Å². The summed E-state index contributed by atoms with van der Waals surface area (Å²) in [5, 5.41) is 3.96. The number of benzene rings is 2. The second kappa shape index (κ2) is 5.10. The predicted octanol–water partition coefficient (Wildman–Crippen LogP) is 3.55. The lowest BCUT2D eigenvalue weighted by atomic mass is 10.1. The first-order valence-corrected chi connectivity index (χ1v) is 7.93. The SMILES string of the molecule is Cc1nc2ccc(NC(=O)C3Cc4ccccc4O3)cc2s1. The van der Waals surface area contributed by atoms with Gasteiger partial charge in [0.1, 0.15) is 5.75 Å². The molecule has 22 heavy (non-hydrogen) atoms. The number of amides is 1. The summed E-state index contributed by atoms with van der Waals surface area (Å²) < 4.78 is 6.79. The van der Waals surface area contributed by atoms with Gasteiger partial charge in [-0.05, 0) is 36.8 Å². The summed E-state index contributed by atoms with van der Waals surface area (Å²) in [6.07, 6.45) is 0.153. The van der Waals surface area contributed by atoms with Crippen molar-refractivity contribution in [3.05, 3.63) is 53.0 Å². The van der Waals surface area contributed by atoms with Crippen molar-refractivity contribution in [2.24, 2.45) is 0 Å². The van der Waals surface area contributed by atoms with Gasteiger partial charge in [0, 0.05) is 12.1 Å². The van der Waals surface area contributed by atoms with Crippen LogP contribution in [0.4, 0.5) is 5.69 Å². The molecule has 1 unspecified atom stereocenters. The monoisotopic (exact) mass is 310 g/mol. The van der Waals surface area contributed by atoms with E-state index in [1.54, 1.807) is 11.3 Å². The first kappa shape index (κ1) is 13.3. The summed E-state index contributed by atoms with van der Waals surface area (Å²) >= 11 is 1.62. The van der Waals surface area contributed by atoms with Gasteiger partial charge >= 0.3 is 0 Å². The molecular weight excluding hydrogens is 296 g/mol. The molecule has 0 bridgehead atoms. The number of hydrogen-bond acceptors (Lipinski definition) is 4. The largest absolute Gasteiger partial charge is 0.480 e. The number of nitrogens with one attached hydrogen (secondary N) is 1. The van der Waals surface area contributed by atoms with Gasteiger partial charge in [-0.2, -0.15) is 0 Å². The van der Waals surface area contributed by atoms with Crippen LogP contribution in [0.25, 0.3) is 10.2 Å². The number of nitrogens with zero attached hydrogens (tertiary/aromatic N) is 1. The molecule has 2 heterocycles. The predicted molar refractivity (Wildman–Crippen MR) is 87.5 cm³/mol. The summed E-state index contributed by atoms with van der Waals surface area (Å²) in [6, 6.07) is 13.5. The van der Waals surface area contributed by atoms with Crippen molar-refractivity contribution in [3.63, 3.8) is 0 Å². The summed E-state index contributed by atoms with van der Waals surface area (Å²) in [5.41, 5.74) is 2.82. The average Bonchev–Trinajstić information content (AvgIpc) is 3.08. The molecule has 0 spiro atoms. The van der Waals surface area contributed by atoms with Gasteiger partial charge in [-0.15, -0.1) is 11.3 Å². The number of hydrogen-bond donors (Lipinski definition) is 1. The van der Waals surface area contributed by atoms with Crippen molar-refractivity contribution < 1.29 is 9.53 Å². The number of carbonyl (C=O) groups is 1. The molecule has 1 aliphatic heterocycles. The van der Waals surface area contributed by atoms with E-state index >= 15 is 0 Å². The first-order valence-electron chi connectivity index (χ1n) is 7.12. The van der Waals surface area contributed by atoms with Gasteiger partial charge in [0.25, 0.3) is 5.91 Å². The Balaban J connectivity index is 1.52.